The Balaban J connectivity index is 2.39. The highest BCUT2D eigenvalue weighted by atomic mass is 14.6. The van der Waals surface area contributed by atoms with Crippen molar-refractivity contribution in [2.24, 2.45) is 10.9 Å². The molecule has 0 N–H and O–H groups in total. The molecule has 0 spiro atoms. The zero-order valence-electron chi connectivity index (χ0n) is 19.9. The molecule has 1 aromatic rings. The van der Waals surface area contributed by atoms with Gasteiger partial charge in [0, 0.05) is 19.2 Å². The number of allylic oxidation sites excluding steroid dienone is 6. The summed E-state index contributed by atoms with van der Waals surface area (Å²) in [7, 11) is 1.86. The van der Waals surface area contributed by atoms with E-state index in [9.17, 15) is 0 Å². The van der Waals surface area contributed by atoms with Crippen LogP contribution >= 0.6 is 0 Å². The number of nitrogens with zero attached hydrogens (tertiary/aromatic N) is 1. The average molecular weight is 402 g/mol. The minimum Gasteiger partial charge on any atom is -0.300 e. The minimum absolute atomic E-state index is 0.0748. The molecule has 1 aliphatic carbocycles. The van der Waals surface area contributed by atoms with E-state index < -0.39 is 0 Å². The first-order valence-electron chi connectivity index (χ1n) is 11.5. The molecule has 1 aliphatic rings. The van der Waals surface area contributed by atoms with Gasteiger partial charge in [0.25, 0.3) is 0 Å². The molecule has 1 nitrogen and oxygen atoms in total. The molecule has 0 fully saturated rings. The molecule has 0 radical (unpaired) electrons. The van der Waals surface area contributed by atoms with Gasteiger partial charge in [-0.15, -0.1) is 6.42 Å². The van der Waals surface area contributed by atoms with Gasteiger partial charge in [0.1, 0.15) is 0 Å². The number of aryl methyl sites for hydroxylation is 1. The van der Waals surface area contributed by atoms with Crippen LogP contribution in [-0.2, 0) is 6.42 Å². The van der Waals surface area contributed by atoms with Crippen LogP contribution in [0.1, 0.15) is 89.3 Å². The van der Waals surface area contributed by atoms with Crippen LogP contribution in [-0.4, -0.2) is 13.3 Å². The highest BCUT2D eigenvalue weighted by molar-refractivity contribution is 5.77. The highest BCUT2D eigenvalue weighted by Crippen LogP contribution is 2.39. The Morgan fingerprint density at radius 3 is 2.60 bits per heavy atom. The van der Waals surface area contributed by atoms with Crippen molar-refractivity contribution in [3.63, 3.8) is 0 Å². The molecule has 30 heavy (non-hydrogen) atoms. The first-order chi connectivity index (χ1) is 14.5. The lowest BCUT2D eigenvalue weighted by Crippen LogP contribution is -2.12. The zero-order chi connectivity index (χ0) is 22.1. The molecule has 0 amide bonds. The monoisotopic (exact) mass is 401 g/mol. The molecule has 0 saturated heterocycles. The van der Waals surface area contributed by atoms with E-state index in [1.165, 1.54) is 39.0 Å². The molecule has 0 saturated carbocycles. The molecule has 1 heteroatoms. The lowest BCUT2D eigenvalue weighted by Gasteiger charge is -2.26. The largest absolute Gasteiger partial charge is 0.300 e. The van der Waals surface area contributed by atoms with Gasteiger partial charge in [0.2, 0.25) is 0 Å². The summed E-state index contributed by atoms with van der Waals surface area (Å²) in [5, 5.41) is 0. The number of aliphatic imine (C=N–C) groups is 1. The maximum atomic E-state index is 6.14. The molecular formula is C29H39N. The van der Waals surface area contributed by atoms with E-state index in [0.717, 1.165) is 38.5 Å². The van der Waals surface area contributed by atoms with E-state index in [4.69, 9.17) is 6.42 Å². The third kappa shape index (κ3) is 5.85. The summed E-state index contributed by atoms with van der Waals surface area (Å²) >= 11 is 0. The molecule has 0 bridgehead atoms. The fourth-order valence-corrected chi connectivity index (χ4v) is 4.57. The normalized spacial score (nSPS) is 16.2. The molecule has 0 aromatic heterocycles. The highest BCUT2D eigenvalue weighted by Gasteiger charge is 2.24. The lowest BCUT2D eigenvalue weighted by atomic mass is 9.77. The quantitative estimate of drug-likeness (QED) is 0.226. The smallest absolute Gasteiger partial charge is 0.0664 e. The van der Waals surface area contributed by atoms with Gasteiger partial charge in [-0.25, -0.2) is 0 Å². The summed E-state index contributed by atoms with van der Waals surface area (Å²) in [5.41, 5.74) is 9.74. The number of hydrogen-bond acceptors (Lipinski definition) is 1. The van der Waals surface area contributed by atoms with Crippen LogP contribution in [0, 0.1) is 18.3 Å². The first kappa shape index (κ1) is 23.9. The Labute approximate surface area is 185 Å². The maximum Gasteiger partial charge on any atom is 0.0664 e. The number of hydrogen-bond donors (Lipinski definition) is 0. The Morgan fingerprint density at radius 2 is 2.00 bits per heavy atom. The second kappa shape index (κ2) is 11.8. The van der Waals surface area contributed by atoms with E-state index in [1.54, 1.807) is 0 Å². The summed E-state index contributed by atoms with van der Waals surface area (Å²) in [4.78, 5) is 4.27. The summed E-state index contributed by atoms with van der Waals surface area (Å²) in [5.74, 6) is 3.61. The van der Waals surface area contributed by atoms with Crippen molar-refractivity contribution < 1.29 is 0 Å². The van der Waals surface area contributed by atoms with Crippen molar-refractivity contribution in [3.8, 4) is 12.3 Å². The SMILES string of the molecule is C#CC(C1=CCCc2cc(C(C=NC)CC)ccc21)/C(CC)=C(\C)CCC=C(C)C. The molecule has 160 valence electrons. The molecule has 0 aliphatic heterocycles. The predicted molar refractivity (Wildman–Crippen MR) is 134 cm³/mol. The van der Waals surface area contributed by atoms with Crippen molar-refractivity contribution in [1.29, 1.82) is 0 Å². The predicted octanol–water partition coefficient (Wildman–Crippen LogP) is 7.93. The van der Waals surface area contributed by atoms with Crippen molar-refractivity contribution in [3.05, 3.63) is 63.8 Å². The van der Waals surface area contributed by atoms with Gasteiger partial charge in [-0.2, -0.15) is 0 Å². The van der Waals surface area contributed by atoms with Crippen LogP contribution in [0.3, 0.4) is 0 Å². The van der Waals surface area contributed by atoms with Crippen LogP contribution in [0.5, 0.6) is 0 Å². The van der Waals surface area contributed by atoms with Gasteiger partial charge >= 0.3 is 0 Å². The van der Waals surface area contributed by atoms with Crippen molar-refractivity contribution in [1.82, 2.24) is 0 Å². The van der Waals surface area contributed by atoms with Crippen LogP contribution in [0.15, 0.2) is 52.1 Å². The van der Waals surface area contributed by atoms with E-state index in [-0.39, 0.29) is 5.92 Å². The second-order valence-corrected chi connectivity index (χ2v) is 8.62. The third-order valence-electron chi connectivity index (χ3n) is 6.24. The number of terminal acetylenes is 1. The molecule has 2 rings (SSSR count). The Hall–Kier alpha value is -2.33. The summed E-state index contributed by atoms with van der Waals surface area (Å²) in [6.45, 7) is 11.1. The maximum absolute atomic E-state index is 6.14. The van der Waals surface area contributed by atoms with Gasteiger partial charge in [-0.1, -0.05) is 66.8 Å². The fraction of sp³-hybridized carbons (Fsp3) is 0.483. The van der Waals surface area contributed by atoms with Gasteiger partial charge in [0.05, 0.1) is 5.92 Å². The van der Waals surface area contributed by atoms with Gasteiger partial charge in [-0.3, -0.25) is 0 Å². The lowest BCUT2D eigenvalue weighted by molar-refractivity contribution is 0.831. The molecule has 1 aromatic carbocycles. The molecule has 0 heterocycles. The molecule has 2 unspecified atom stereocenters. The Kier molecular flexibility index (Phi) is 9.38. The summed E-state index contributed by atoms with van der Waals surface area (Å²) in [6, 6.07) is 6.97. The van der Waals surface area contributed by atoms with Crippen molar-refractivity contribution >= 4 is 11.8 Å². The van der Waals surface area contributed by atoms with Crippen molar-refractivity contribution in [2.45, 2.75) is 79.1 Å². The minimum atomic E-state index is 0.0748. The second-order valence-electron chi connectivity index (χ2n) is 8.62. The van der Waals surface area contributed by atoms with Crippen LogP contribution in [0.25, 0.3) is 5.57 Å². The fourth-order valence-electron chi connectivity index (χ4n) is 4.57. The number of fused-ring (bicyclic) bond motifs is 1. The number of rotatable bonds is 9. The van der Waals surface area contributed by atoms with E-state index >= 15 is 0 Å². The van der Waals surface area contributed by atoms with Gasteiger partial charge < -0.3 is 4.99 Å². The van der Waals surface area contributed by atoms with Gasteiger partial charge in [-0.05, 0) is 81.6 Å². The molecule has 2 atom stereocenters. The van der Waals surface area contributed by atoms with E-state index in [0.29, 0.717) is 5.92 Å². The van der Waals surface area contributed by atoms with Crippen LogP contribution < -0.4 is 0 Å². The summed E-state index contributed by atoms with van der Waals surface area (Å²) in [6.07, 6.45) is 19.3. The summed E-state index contributed by atoms with van der Waals surface area (Å²) < 4.78 is 0. The molecular weight excluding hydrogens is 362 g/mol. The van der Waals surface area contributed by atoms with Crippen LogP contribution in [0.2, 0.25) is 0 Å². The number of benzene rings is 1. The van der Waals surface area contributed by atoms with Gasteiger partial charge in [0.15, 0.2) is 0 Å². The van der Waals surface area contributed by atoms with E-state index in [1.807, 2.05) is 7.05 Å². The van der Waals surface area contributed by atoms with Crippen molar-refractivity contribution in [2.75, 3.05) is 7.05 Å². The standard InChI is InChI=1S/C29H39N/c1-8-23(20-30-7)24-17-18-28-25(19-24)15-12-16-29(28)27(10-3)26(9-2)22(6)14-11-13-21(4)5/h3,13,16-20,23,27H,8-9,11-12,14-15H2,1-2,4-7H3/b26-22+,30-20?. The Bertz CT molecular complexity index is 881. The van der Waals surface area contributed by atoms with Crippen LogP contribution in [0.4, 0.5) is 0 Å². The third-order valence-corrected chi connectivity index (χ3v) is 6.24. The zero-order valence-corrected chi connectivity index (χ0v) is 19.9. The van der Waals surface area contributed by atoms with E-state index in [2.05, 4.69) is 82.1 Å². The topological polar surface area (TPSA) is 12.4 Å². The average Bonchev–Trinajstić information content (AvgIpc) is 2.74. The first-order valence-corrected chi connectivity index (χ1v) is 11.5. The Morgan fingerprint density at radius 1 is 1.23 bits per heavy atom.